The van der Waals surface area contributed by atoms with E-state index in [1.54, 1.807) is 11.1 Å². The van der Waals surface area contributed by atoms with Crippen molar-refractivity contribution in [1.29, 1.82) is 0 Å². The Morgan fingerprint density at radius 1 is 1.27 bits per heavy atom. The summed E-state index contributed by atoms with van der Waals surface area (Å²) in [6.45, 7) is 10.6. The van der Waals surface area contributed by atoms with Crippen LogP contribution in [0.25, 0.3) is 0 Å². The quantitative estimate of drug-likeness (QED) is 0.862. The fourth-order valence-corrected chi connectivity index (χ4v) is 2.38. The maximum atomic E-state index is 12.2. The van der Waals surface area contributed by atoms with Crippen molar-refractivity contribution in [3.05, 3.63) is 17.8 Å². The van der Waals surface area contributed by atoms with Gasteiger partial charge in [-0.05, 0) is 45.7 Å². The van der Waals surface area contributed by atoms with E-state index in [4.69, 9.17) is 10.5 Å². The molecule has 122 valence electrons. The summed E-state index contributed by atoms with van der Waals surface area (Å²) in [5.74, 6) is 0.915. The third-order valence-corrected chi connectivity index (χ3v) is 3.61. The average molecular weight is 306 g/mol. The van der Waals surface area contributed by atoms with Gasteiger partial charge in [0.05, 0.1) is 11.9 Å². The number of nitrogen functional groups attached to an aromatic ring is 1. The van der Waals surface area contributed by atoms with Gasteiger partial charge in [-0.1, -0.05) is 0 Å². The number of nitrogens with two attached hydrogens (primary N) is 1. The third-order valence-electron chi connectivity index (χ3n) is 3.61. The number of ether oxygens (including phenoxy) is 1. The van der Waals surface area contributed by atoms with E-state index < -0.39 is 5.60 Å². The van der Waals surface area contributed by atoms with E-state index in [0.29, 0.717) is 18.8 Å². The molecule has 22 heavy (non-hydrogen) atoms. The van der Waals surface area contributed by atoms with Crippen LogP contribution in [0.1, 0.15) is 32.8 Å². The van der Waals surface area contributed by atoms with Crippen LogP contribution < -0.4 is 10.6 Å². The topological polar surface area (TPSA) is 71.7 Å². The predicted octanol–water partition coefficient (Wildman–Crippen LogP) is 2.42. The number of anilines is 2. The van der Waals surface area contributed by atoms with Crippen molar-refractivity contribution in [2.75, 3.05) is 36.8 Å². The molecule has 0 aromatic carbocycles. The summed E-state index contributed by atoms with van der Waals surface area (Å²) in [7, 11) is 0. The first-order valence-electron chi connectivity index (χ1n) is 7.71. The lowest BCUT2D eigenvalue weighted by Gasteiger charge is -2.26. The van der Waals surface area contributed by atoms with Gasteiger partial charge in [0.1, 0.15) is 11.4 Å². The number of carbonyl (C=O) groups is 1. The van der Waals surface area contributed by atoms with E-state index in [-0.39, 0.29) is 6.09 Å². The molecule has 0 aliphatic carbocycles. The van der Waals surface area contributed by atoms with Crippen LogP contribution in [0.5, 0.6) is 0 Å². The Balaban J connectivity index is 2.00. The van der Waals surface area contributed by atoms with Crippen molar-refractivity contribution in [1.82, 2.24) is 9.88 Å². The molecule has 0 unspecified atom stereocenters. The molecular weight excluding hydrogens is 280 g/mol. The summed E-state index contributed by atoms with van der Waals surface area (Å²) in [5.41, 5.74) is 7.09. The number of amides is 1. The first-order chi connectivity index (χ1) is 10.3. The SMILES string of the molecule is Cc1cc(N2CCCN(C(=O)OC(C)(C)C)CC2)ncc1N. The second kappa shape index (κ2) is 6.42. The van der Waals surface area contributed by atoms with Gasteiger partial charge in [-0.2, -0.15) is 0 Å². The van der Waals surface area contributed by atoms with Crippen LogP contribution >= 0.6 is 0 Å². The molecule has 0 spiro atoms. The van der Waals surface area contributed by atoms with Crippen LogP contribution in [0, 0.1) is 6.92 Å². The standard InChI is InChI=1S/C16H26N4O2/c1-12-10-14(18-11-13(12)17)19-6-5-7-20(9-8-19)15(21)22-16(2,3)4/h10-11H,5-9,17H2,1-4H3. The summed E-state index contributed by atoms with van der Waals surface area (Å²) < 4.78 is 5.44. The van der Waals surface area contributed by atoms with Crippen molar-refractivity contribution in [2.24, 2.45) is 0 Å². The molecule has 0 radical (unpaired) electrons. The summed E-state index contributed by atoms with van der Waals surface area (Å²) in [5, 5.41) is 0. The summed E-state index contributed by atoms with van der Waals surface area (Å²) in [6, 6.07) is 2.00. The molecule has 2 N–H and O–H groups in total. The van der Waals surface area contributed by atoms with Crippen LogP contribution in [0.4, 0.5) is 16.3 Å². The second-order valence-corrected chi connectivity index (χ2v) is 6.71. The molecule has 2 heterocycles. The lowest BCUT2D eigenvalue weighted by Crippen LogP contribution is -2.39. The number of aryl methyl sites for hydroxylation is 1. The Morgan fingerprint density at radius 3 is 2.64 bits per heavy atom. The number of rotatable bonds is 1. The van der Waals surface area contributed by atoms with Gasteiger partial charge in [-0.25, -0.2) is 9.78 Å². The van der Waals surface area contributed by atoms with E-state index >= 15 is 0 Å². The summed E-state index contributed by atoms with van der Waals surface area (Å²) in [4.78, 5) is 20.5. The molecule has 0 bridgehead atoms. The molecule has 1 aromatic rings. The van der Waals surface area contributed by atoms with Gasteiger partial charge in [0.15, 0.2) is 0 Å². The Kier molecular flexibility index (Phi) is 4.78. The number of aromatic nitrogens is 1. The van der Waals surface area contributed by atoms with E-state index in [9.17, 15) is 4.79 Å². The highest BCUT2D eigenvalue weighted by Gasteiger charge is 2.24. The van der Waals surface area contributed by atoms with Gasteiger partial charge in [0.2, 0.25) is 0 Å². The van der Waals surface area contributed by atoms with Gasteiger partial charge < -0.3 is 20.3 Å². The molecule has 0 atom stereocenters. The van der Waals surface area contributed by atoms with Crippen LogP contribution in [0.3, 0.4) is 0 Å². The number of pyridine rings is 1. The van der Waals surface area contributed by atoms with Gasteiger partial charge in [0.25, 0.3) is 0 Å². The first kappa shape index (κ1) is 16.4. The van der Waals surface area contributed by atoms with Crippen LogP contribution in [-0.4, -0.2) is 47.8 Å². The molecule has 1 aliphatic rings. The van der Waals surface area contributed by atoms with E-state index in [1.165, 1.54) is 0 Å². The Morgan fingerprint density at radius 2 is 2.00 bits per heavy atom. The molecule has 6 heteroatoms. The summed E-state index contributed by atoms with van der Waals surface area (Å²) >= 11 is 0. The fourth-order valence-electron chi connectivity index (χ4n) is 2.38. The molecule has 1 amide bonds. The van der Waals surface area contributed by atoms with Gasteiger partial charge in [-0.3, -0.25) is 0 Å². The van der Waals surface area contributed by atoms with Gasteiger partial charge >= 0.3 is 6.09 Å². The minimum atomic E-state index is -0.460. The van der Waals surface area contributed by atoms with Crippen molar-refractivity contribution >= 4 is 17.6 Å². The fraction of sp³-hybridized carbons (Fsp3) is 0.625. The molecule has 1 aromatic heterocycles. The zero-order valence-corrected chi connectivity index (χ0v) is 13.9. The molecule has 2 rings (SSSR count). The predicted molar refractivity (Wildman–Crippen MR) is 88.0 cm³/mol. The summed E-state index contributed by atoms with van der Waals surface area (Å²) in [6.07, 6.45) is 2.35. The van der Waals surface area contributed by atoms with Crippen molar-refractivity contribution in [3.8, 4) is 0 Å². The zero-order valence-electron chi connectivity index (χ0n) is 13.9. The third kappa shape index (κ3) is 4.26. The normalized spacial score (nSPS) is 16.4. The molecule has 1 saturated heterocycles. The van der Waals surface area contributed by atoms with E-state index in [2.05, 4.69) is 9.88 Å². The lowest BCUT2D eigenvalue weighted by molar-refractivity contribution is 0.0263. The largest absolute Gasteiger partial charge is 0.444 e. The molecule has 1 aliphatic heterocycles. The minimum Gasteiger partial charge on any atom is -0.444 e. The number of nitrogens with zero attached hydrogens (tertiary/aromatic N) is 3. The van der Waals surface area contributed by atoms with Crippen LogP contribution in [0.15, 0.2) is 12.3 Å². The number of hydrogen-bond donors (Lipinski definition) is 1. The Hall–Kier alpha value is -1.98. The highest BCUT2D eigenvalue weighted by molar-refractivity contribution is 5.68. The van der Waals surface area contributed by atoms with Crippen LogP contribution in [0.2, 0.25) is 0 Å². The second-order valence-electron chi connectivity index (χ2n) is 6.71. The maximum Gasteiger partial charge on any atom is 0.410 e. The maximum absolute atomic E-state index is 12.2. The molecular formula is C16H26N4O2. The molecule has 0 saturated carbocycles. The van der Waals surface area contributed by atoms with Crippen LogP contribution in [-0.2, 0) is 4.74 Å². The van der Waals surface area contributed by atoms with Crippen molar-refractivity contribution in [2.45, 2.75) is 39.7 Å². The first-order valence-corrected chi connectivity index (χ1v) is 7.71. The lowest BCUT2D eigenvalue weighted by atomic mass is 10.2. The Labute approximate surface area is 132 Å². The van der Waals surface area contributed by atoms with E-state index in [1.807, 2.05) is 33.8 Å². The van der Waals surface area contributed by atoms with Crippen molar-refractivity contribution < 1.29 is 9.53 Å². The average Bonchev–Trinajstić information content (AvgIpc) is 2.66. The van der Waals surface area contributed by atoms with Gasteiger partial charge in [-0.15, -0.1) is 0 Å². The van der Waals surface area contributed by atoms with Gasteiger partial charge in [0, 0.05) is 26.2 Å². The number of hydrogen-bond acceptors (Lipinski definition) is 5. The van der Waals surface area contributed by atoms with Crippen molar-refractivity contribution in [3.63, 3.8) is 0 Å². The highest BCUT2D eigenvalue weighted by Crippen LogP contribution is 2.19. The Bertz CT molecular complexity index is 539. The van der Waals surface area contributed by atoms with E-state index in [0.717, 1.165) is 30.9 Å². The minimum absolute atomic E-state index is 0.240. The zero-order chi connectivity index (χ0) is 16.3. The molecule has 1 fully saturated rings. The monoisotopic (exact) mass is 306 g/mol. The smallest absolute Gasteiger partial charge is 0.410 e. The highest BCUT2D eigenvalue weighted by atomic mass is 16.6. The number of carbonyl (C=O) groups excluding carboxylic acids is 1. The molecule has 6 nitrogen and oxygen atoms in total.